The van der Waals surface area contributed by atoms with Crippen molar-refractivity contribution in [3.63, 3.8) is 0 Å². The summed E-state index contributed by atoms with van der Waals surface area (Å²) in [6.07, 6.45) is 7.42. The van der Waals surface area contributed by atoms with Crippen LogP contribution in [0.2, 0.25) is 0 Å². The van der Waals surface area contributed by atoms with E-state index in [0.29, 0.717) is 5.57 Å². The normalized spacial score (nSPS) is 11.8. The van der Waals surface area contributed by atoms with Gasteiger partial charge in [0.05, 0.1) is 0 Å². The predicted molar refractivity (Wildman–Crippen MR) is 46.9 cm³/mol. The van der Waals surface area contributed by atoms with Gasteiger partial charge in [-0.25, -0.2) is 0 Å². The summed E-state index contributed by atoms with van der Waals surface area (Å²) in [6.45, 7) is 8.92. The summed E-state index contributed by atoms with van der Waals surface area (Å²) < 4.78 is 0. The number of allylic oxidation sites excluding steroid dienone is 5. The molecule has 0 aromatic carbocycles. The summed E-state index contributed by atoms with van der Waals surface area (Å²) >= 11 is 0. The van der Waals surface area contributed by atoms with Crippen molar-refractivity contribution in [2.75, 3.05) is 0 Å². The third-order valence-electron chi connectivity index (χ3n) is 1.22. The van der Waals surface area contributed by atoms with Crippen LogP contribution in [0.4, 0.5) is 0 Å². The summed E-state index contributed by atoms with van der Waals surface area (Å²) in [4.78, 5) is 0. The van der Waals surface area contributed by atoms with Crippen molar-refractivity contribution in [3.8, 4) is 0 Å². The Bertz CT molecular complexity index is 202. The third-order valence-corrected chi connectivity index (χ3v) is 1.22. The van der Waals surface area contributed by atoms with Crippen molar-refractivity contribution in [2.45, 2.75) is 13.3 Å². The summed E-state index contributed by atoms with van der Waals surface area (Å²) in [7, 11) is 0. The minimum Gasteiger partial charge on any atom is -0.872 e. The van der Waals surface area contributed by atoms with Gasteiger partial charge in [0.15, 0.2) is 0 Å². The van der Waals surface area contributed by atoms with Crippen molar-refractivity contribution in [3.05, 3.63) is 48.8 Å². The molecular weight excluding hydrogens is 175 g/mol. The summed E-state index contributed by atoms with van der Waals surface area (Å²) in [6, 6.07) is 0. The second kappa shape index (κ2) is 9.48. The van der Waals surface area contributed by atoms with E-state index in [0.717, 1.165) is 6.42 Å². The Morgan fingerprint density at radius 2 is 1.92 bits per heavy atom. The Hall–Kier alpha value is 0.396. The van der Waals surface area contributed by atoms with Crippen LogP contribution in [0, 0.1) is 0 Å². The average Bonchev–Trinajstić information content (AvgIpc) is 2.05. The Kier molecular flexibility index (Phi) is 11.8. The number of hydrogen-bond acceptors (Lipinski definition) is 1. The van der Waals surface area contributed by atoms with Crippen LogP contribution in [0.15, 0.2) is 48.8 Å². The average molecular weight is 188 g/mol. The quantitative estimate of drug-likeness (QED) is 0.313. The second-order valence-electron chi connectivity index (χ2n) is 2.04. The molecule has 0 aromatic heterocycles. The van der Waals surface area contributed by atoms with Crippen molar-refractivity contribution in [1.29, 1.82) is 0 Å². The van der Waals surface area contributed by atoms with Gasteiger partial charge in [-0.05, 0) is 12.0 Å². The maximum Gasteiger partial charge on any atom is 1.00 e. The molecule has 0 aromatic rings. The molecule has 0 saturated carbocycles. The van der Waals surface area contributed by atoms with E-state index < -0.39 is 0 Å². The van der Waals surface area contributed by atoms with Gasteiger partial charge in [0, 0.05) is 0 Å². The van der Waals surface area contributed by atoms with Crippen molar-refractivity contribution < 1.29 is 56.5 Å². The van der Waals surface area contributed by atoms with Crippen LogP contribution in [-0.4, -0.2) is 0 Å². The maximum atomic E-state index is 11.0. The van der Waals surface area contributed by atoms with E-state index in [2.05, 4.69) is 13.2 Å². The predicted octanol–water partition coefficient (Wildman–Crippen LogP) is -1.06. The van der Waals surface area contributed by atoms with Crippen molar-refractivity contribution >= 4 is 0 Å². The summed E-state index contributed by atoms with van der Waals surface area (Å²) in [5.74, 6) is -0.0790. The smallest absolute Gasteiger partial charge is 0.872 e. The molecule has 0 aliphatic heterocycles. The molecule has 0 aliphatic rings. The molecule has 2 heteroatoms. The molecular formula is C10H13KO. The van der Waals surface area contributed by atoms with Gasteiger partial charge in [0.25, 0.3) is 0 Å². The van der Waals surface area contributed by atoms with E-state index in [-0.39, 0.29) is 57.1 Å². The van der Waals surface area contributed by atoms with E-state index in [1.807, 2.05) is 13.0 Å². The van der Waals surface area contributed by atoms with Crippen LogP contribution >= 0.6 is 0 Å². The fourth-order valence-electron chi connectivity index (χ4n) is 0.613. The van der Waals surface area contributed by atoms with E-state index in [9.17, 15) is 5.11 Å². The Balaban J connectivity index is 0. The monoisotopic (exact) mass is 188 g/mol. The van der Waals surface area contributed by atoms with Crippen LogP contribution in [0.25, 0.3) is 0 Å². The van der Waals surface area contributed by atoms with Crippen molar-refractivity contribution in [2.24, 2.45) is 0 Å². The Morgan fingerprint density at radius 1 is 1.33 bits per heavy atom. The first-order chi connectivity index (χ1) is 5.26. The minimum atomic E-state index is -0.0790. The zero-order valence-electron chi connectivity index (χ0n) is 7.84. The van der Waals surface area contributed by atoms with Gasteiger partial charge < -0.3 is 5.11 Å². The zero-order valence-corrected chi connectivity index (χ0v) is 11.0. The second-order valence-corrected chi connectivity index (χ2v) is 2.04. The molecule has 12 heavy (non-hydrogen) atoms. The van der Waals surface area contributed by atoms with Crippen LogP contribution in [0.3, 0.4) is 0 Å². The van der Waals surface area contributed by atoms with E-state index in [4.69, 9.17) is 0 Å². The molecule has 0 rings (SSSR count). The van der Waals surface area contributed by atoms with Crippen LogP contribution in [0.1, 0.15) is 13.3 Å². The fraction of sp³-hybridized carbons (Fsp3) is 0.200. The SMILES string of the molecule is C=C/C([O-])=C(C=C)/C=C\CC.[K+]. The third kappa shape index (κ3) is 5.97. The summed E-state index contributed by atoms with van der Waals surface area (Å²) in [5, 5.41) is 11.0. The topological polar surface area (TPSA) is 23.1 Å². The molecule has 0 aliphatic carbocycles. The van der Waals surface area contributed by atoms with Gasteiger partial charge in [0.1, 0.15) is 0 Å². The van der Waals surface area contributed by atoms with Crippen molar-refractivity contribution in [1.82, 2.24) is 0 Å². The van der Waals surface area contributed by atoms with Gasteiger partial charge >= 0.3 is 51.4 Å². The van der Waals surface area contributed by atoms with Gasteiger partial charge in [0.2, 0.25) is 0 Å². The van der Waals surface area contributed by atoms with E-state index in [1.54, 1.807) is 6.08 Å². The van der Waals surface area contributed by atoms with Gasteiger partial charge in [-0.15, -0.1) is 5.76 Å². The maximum absolute atomic E-state index is 11.0. The molecule has 0 spiro atoms. The van der Waals surface area contributed by atoms with Crippen LogP contribution in [0.5, 0.6) is 0 Å². The number of hydrogen-bond donors (Lipinski definition) is 0. The van der Waals surface area contributed by atoms with E-state index >= 15 is 0 Å². The van der Waals surface area contributed by atoms with Gasteiger partial charge in [-0.3, -0.25) is 0 Å². The zero-order chi connectivity index (χ0) is 8.69. The molecule has 0 N–H and O–H groups in total. The Morgan fingerprint density at radius 3 is 2.25 bits per heavy atom. The first kappa shape index (κ1) is 14.9. The molecule has 0 radical (unpaired) electrons. The largest absolute Gasteiger partial charge is 1.00 e. The minimum absolute atomic E-state index is 0. The molecule has 60 valence electrons. The molecule has 0 unspecified atom stereocenters. The molecule has 0 saturated heterocycles. The molecule has 0 bridgehead atoms. The molecule has 0 amide bonds. The Labute approximate surface area is 117 Å². The van der Waals surface area contributed by atoms with Crippen LogP contribution < -0.4 is 56.5 Å². The number of rotatable bonds is 4. The molecule has 0 atom stereocenters. The fourth-order valence-corrected chi connectivity index (χ4v) is 0.613. The standard InChI is InChI=1S/C10H14O.K/c1-4-7-8-9(5-2)10(11)6-3;/h5-8,11H,2-4H2,1H3;/q;+1/p-1/b8-7-,10-9-;. The van der Waals surface area contributed by atoms with E-state index in [1.165, 1.54) is 12.2 Å². The van der Waals surface area contributed by atoms with Gasteiger partial charge in [-0.1, -0.05) is 44.4 Å². The first-order valence-corrected chi connectivity index (χ1v) is 3.59. The molecule has 1 nitrogen and oxygen atoms in total. The van der Waals surface area contributed by atoms with Gasteiger partial charge in [-0.2, -0.15) is 0 Å². The summed E-state index contributed by atoms with van der Waals surface area (Å²) in [5.41, 5.74) is 0.599. The molecule has 0 fully saturated rings. The molecule has 0 heterocycles. The van der Waals surface area contributed by atoms with Crippen LogP contribution in [-0.2, 0) is 0 Å². The first-order valence-electron chi connectivity index (χ1n) is 3.59.